The normalized spacial score (nSPS) is 12.3. The van der Waals surface area contributed by atoms with E-state index >= 15 is 0 Å². The zero-order valence-electron chi connectivity index (χ0n) is 10.4. The number of hydrogen-bond donors (Lipinski definition) is 2. The second-order valence-electron chi connectivity index (χ2n) is 4.64. The van der Waals surface area contributed by atoms with E-state index in [1.54, 1.807) is 20.8 Å². The summed E-state index contributed by atoms with van der Waals surface area (Å²) in [6, 6.07) is 1.87. The Balaban J connectivity index is 0.00000256. The van der Waals surface area contributed by atoms with Crippen LogP contribution in [-0.4, -0.2) is 20.5 Å². The molecule has 1 aromatic rings. The van der Waals surface area contributed by atoms with Crippen molar-refractivity contribution in [1.29, 1.82) is 0 Å². The van der Waals surface area contributed by atoms with Gasteiger partial charge in [-0.15, -0.1) is 23.7 Å². The molecule has 0 fully saturated rings. The summed E-state index contributed by atoms with van der Waals surface area (Å²) in [5, 5.41) is 0. The van der Waals surface area contributed by atoms with Crippen LogP contribution in [0.5, 0.6) is 0 Å². The molecule has 17 heavy (non-hydrogen) atoms. The van der Waals surface area contributed by atoms with Crippen molar-refractivity contribution < 1.29 is 8.42 Å². The number of thiophene rings is 1. The van der Waals surface area contributed by atoms with Crippen LogP contribution in [0, 0.1) is 13.8 Å². The molecule has 0 aliphatic carbocycles. The van der Waals surface area contributed by atoms with Crippen LogP contribution in [0.2, 0.25) is 0 Å². The number of nitrogens with one attached hydrogen (secondary N) is 1. The van der Waals surface area contributed by atoms with Gasteiger partial charge in [0.05, 0.1) is 0 Å². The monoisotopic (exact) mass is 298 g/mol. The third-order valence-corrected chi connectivity index (χ3v) is 5.15. The summed E-state index contributed by atoms with van der Waals surface area (Å²) < 4.78 is 26.8. The smallest absolute Gasteiger partial charge is 0.250 e. The highest BCUT2D eigenvalue weighted by atomic mass is 35.5. The highest BCUT2D eigenvalue weighted by Crippen LogP contribution is 2.25. The van der Waals surface area contributed by atoms with Crippen molar-refractivity contribution in [1.82, 2.24) is 4.72 Å². The molecule has 1 heterocycles. The van der Waals surface area contributed by atoms with Gasteiger partial charge in [-0.05, 0) is 39.3 Å². The van der Waals surface area contributed by atoms with Gasteiger partial charge in [0.2, 0.25) is 10.0 Å². The lowest BCUT2D eigenvalue weighted by Crippen LogP contribution is -2.44. The molecule has 1 rings (SSSR count). The molecule has 0 radical (unpaired) electrons. The average molecular weight is 299 g/mol. The largest absolute Gasteiger partial charge is 0.324 e. The molecule has 0 atom stereocenters. The van der Waals surface area contributed by atoms with Crippen molar-refractivity contribution in [2.24, 2.45) is 5.73 Å². The maximum absolute atomic E-state index is 12.0. The van der Waals surface area contributed by atoms with E-state index in [0.29, 0.717) is 4.21 Å². The molecule has 0 saturated heterocycles. The maximum Gasteiger partial charge on any atom is 0.250 e. The van der Waals surface area contributed by atoms with Gasteiger partial charge >= 0.3 is 0 Å². The van der Waals surface area contributed by atoms with E-state index in [-0.39, 0.29) is 19.0 Å². The number of rotatable bonds is 4. The summed E-state index contributed by atoms with van der Waals surface area (Å²) in [6.07, 6.45) is 0. The third kappa shape index (κ3) is 4.93. The Hall–Kier alpha value is -0.140. The van der Waals surface area contributed by atoms with Crippen LogP contribution in [0.4, 0.5) is 0 Å². The van der Waals surface area contributed by atoms with Crippen LogP contribution in [0.25, 0.3) is 0 Å². The fraction of sp³-hybridized carbons (Fsp3) is 0.600. The average Bonchev–Trinajstić information content (AvgIpc) is 2.42. The van der Waals surface area contributed by atoms with Gasteiger partial charge in [-0.1, -0.05) is 0 Å². The lowest BCUT2D eigenvalue weighted by atomic mass is 10.1. The number of sulfonamides is 1. The molecule has 100 valence electrons. The van der Waals surface area contributed by atoms with Crippen molar-refractivity contribution in [3.05, 3.63) is 16.5 Å². The van der Waals surface area contributed by atoms with E-state index in [1.807, 2.05) is 13.0 Å². The summed E-state index contributed by atoms with van der Waals surface area (Å²) in [7, 11) is -3.41. The molecular weight excluding hydrogens is 280 g/mol. The minimum Gasteiger partial charge on any atom is -0.324 e. The van der Waals surface area contributed by atoms with E-state index < -0.39 is 15.6 Å². The predicted molar refractivity (Wildman–Crippen MR) is 74.5 cm³/mol. The molecule has 0 aromatic carbocycles. The first-order valence-corrected chi connectivity index (χ1v) is 7.27. The van der Waals surface area contributed by atoms with Crippen LogP contribution < -0.4 is 10.5 Å². The standard InChI is InChI=1S/C10H18N2O2S2.ClH/c1-7-5-8(2)15-9(7)16(13,14)12-6-10(3,4)11;/h5,12H,6,11H2,1-4H3;1H. The molecule has 0 aliphatic heterocycles. The van der Waals surface area contributed by atoms with E-state index in [9.17, 15) is 8.42 Å². The summed E-state index contributed by atoms with van der Waals surface area (Å²) in [5.74, 6) is 0. The van der Waals surface area contributed by atoms with Gasteiger partial charge < -0.3 is 5.73 Å². The summed E-state index contributed by atoms with van der Waals surface area (Å²) in [5.41, 5.74) is 5.97. The molecule has 1 aromatic heterocycles. The molecule has 0 amide bonds. The minimum absolute atomic E-state index is 0. The fourth-order valence-electron chi connectivity index (χ4n) is 1.23. The van der Waals surface area contributed by atoms with Gasteiger partial charge in [-0.2, -0.15) is 0 Å². The molecule has 4 nitrogen and oxygen atoms in total. The SMILES string of the molecule is Cc1cc(C)c(S(=O)(=O)NCC(C)(C)N)s1.Cl. The van der Waals surface area contributed by atoms with Gasteiger partial charge in [0.25, 0.3) is 0 Å². The van der Waals surface area contributed by atoms with E-state index in [0.717, 1.165) is 10.4 Å². The second kappa shape index (κ2) is 5.67. The molecule has 0 saturated carbocycles. The van der Waals surface area contributed by atoms with Crippen LogP contribution in [0.15, 0.2) is 10.3 Å². The Morgan fingerprint density at radius 3 is 2.29 bits per heavy atom. The molecule has 0 bridgehead atoms. The Morgan fingerprint density at radius 2 is 1.94 bits per heavy atom. The summed E-state index contributed by atoms with van der Waals surface area (Å²) in [6.45, 7) is 7.48. The molecule has 0 spiro atoms. The third-order valence-electron chi connectivity index (χ3n) is 1.96. The van der Waals surface area contributed by atoms with Gasteiger partial charge in [-0.3, -0.25) is 0 Å². The van der Waals surface area contributed by atoms with Crippen molar-refractivity contribution in [3.63, 3.8) is 0 Å². The minimum atomic E-state index is -3.41. The first kappa shape index (κ1) is 16.9. The predicted octanol–water partition coefficient (Wildman–Crippen LogP) is 1.80. The molecular formula is C10H19ClN2O2S2. The highest BCUT2D eigenvalue weighted by Gasteiger charge is 2.22. The van der Waals surface area contributed by atoms with Crippen molar-refractivity contribution in [3.8, 4) is 0 Å². The first-order valence-electron chi connectivity index (χ1n) is 4.97. The number of halogens is 1. The van der Waals surface area contributed by atoms with E-state index in [4.69, 9.17) is 5.73 Å². The Bertz CT molecular complexity index is 475. The topological polar surface area (TPSA) is 72.2 Å². The molecule has 0 aliphatic rings. The molecule has 3 N–H and O–H groups in total. The van der Waals surface area contributed by atoms with Crippen LogP contribution >= 0.6 is 23.7 Å². The van der Waals surface area contributed by atoms with Crippen molar-refractivity contribution in [2.45, 2.75) is 37.4 Å². The van der Waals surface area contributed by atoms with Crippen molar-refractivity contribution >= 4 is 33.8 Å². The lowest BCUT2D eigenvalue weighted by molar-refractivity contribution is 0.498. The van der Waals surface area contributed by atoms with Crippen LogP contribution in [0.1, 0.15) is 24.3 Å². The molecule has 7 heteroatoms. The zero-order chi connectivity index (χ0) is 12.6. The Kier molecular flexibility index (Phi) is 5.62. The Labute approximate surface area is 113 Å². The van der Waals surface area contributed by atoms with E-state index in [1.165, 1.54) is 11.3 Å². The van der Waals surface area contributed by atoms with Crippen LogP contribution in [0.3, 0.4) is 0 Å². The second-order valence-corrected chi connectivity index (χ2v) is 7.86. The zero-order valence-corrected chi connectivity index (χ0v) is 12.9. The van der Waals surface area contributed by atoms with Gasteiger partial charge in [0, 0.05) is 17.0 Å². The number of nitrogens with two attached hydrogens (primary N) is 1. The van der Waals surface area contributed by atoms with Crippen LogP contribution in [-0.2, 0) is 10.0 Å². The van der Waals surface area contributed by atoms with Gasteiger partial charge in [-0.25, -0.2) is 13.1 Å². The summed E-state index contributed by atoms with van der Waals surface area (Å²) >= 11 is 1.28. The molecule has 0 unspecified atom stereocenters. The lowest BCUT2D eigenvalue weighted by Gasteiger charge is -2.18. The number of hydrogen-bond acceptors (Lipinski definition) is 4. The quantitative estimate of drug-likeness (QED) is 0.890. The van der Waals surface area contributed by atoms with E-state index in [2.05, 4.69) is 4.72 Å². The summed E-state index contributed by atoms with van der Waals surface area (Å²) in [4.78, 5) is 0.991. The number of aryl methyl sites for hydroxylation is 2. The van der Waals surface area contributed by atoms with Gasteiger partial charge in [0.1, 0.15) is 4.21 Å². The highest BCUT2D eigenvalue weighted by molar-refractivity contribution is 7.91. The first-order chi connectivity index (χ1) is 7.12. The maximum atomic E-state index is 12.0. The fourth-order valence-corrected chi connectivity index (χ4v) is 4.17. The van der Waals surface area contributed by atoms with Crippen molar-refractivity contribution in [2.75, 3.05) is 6.54 Å². The van der Waals surface area contributed by atoms with Gasteiger partial charge in [0.15, 0.2) is 0 Å². The Morgan fingerprint density at radius 1 is 1.41 bits per heavy atom.